The lowest BCUT2D eigenvalue weighted by Crippen LogP contribution is -2.47. The molecule has 0 radical (unpaired) electrons. The summed E-state index contributed by atoms with van der Waals surface area (Å²) in [5.41, 5.74) is 2.54. The minimum Gasteiger partial charge on any atom is -0.330 e. The second kappa shape index (κ2) is 6.70. The highest BCUT2D eigenvalue weighted by Crippen LogP contribution is 2.28. The van der Waals surface area contributed by atoms with Crippen LogP contribution in [-0.4, -0.2) is 51.2 Å². The van der Waals surface area contributed by atoms with Gasteiger partial charge in [-0.2, -0.15) is 0 Å². The number of piperazine rings is 1. The molecular weight excluding hydrogens is 375 g/mol. The number of aromatic nitrogens is 2. The van der Waals surface area contributed by atoms with Gasteiger partial charge in [-0.25, -0.2) is 9.97 Å². The molecule has 1 aromatic heterocycles. The first-order valence-corrected chi connectivity index (χ1v) is 8.84. The molecule has 26 heavy (non-hydrogen) atoms. The highest BCUT2D eigenvalue weighted by Gasteiger charge is 2.32. The number of amides is 2. The number of carbonyl (C=O) groups is 2. The fourth-order valence-electron chi connectivity index (χ4n) is 3.12. The standard InChI is InChI=1S/C18H14Cl2N4O2/c19-13-3-1-11(7-14(13)20)15-8-16(22-10-21-15)18(26)23-5-6-24-12(9-23)2-4-17(24)25/h1-3,7-8,10H,4-6,9H2. The molecule has 0 unspecified atom stereocenters. The van der Waals surface area contributed by atoms with E-state index in [0.717, 1.165) is 11.3 Å². The van der Waals surface area contributed by atoms with Gasteiger partial charge in [0.25, 0.3) is 5.91 Å². The van der Waals surface area contributed by atoms with Crippen molar-refractivity contribution < 1.29 is 9.59 Å². The molecule has 0 bridgehead atoms. The van der Waals surface area contributed by atoms with Gasteiger partial charge in [0.2, 0.25) is 5.91 Å². The zero-order chi connectivity index (χ0) is 18.3. The maximum Gasteiger partial charge on any atom is 0.273 e. The van der Waals surface area contributed by atoms with Crippen LogP contribution in [0.4, 0.5) is 0 Å². The van der Waals surface area contributed by atoms with Gasteiger partial charge in [-0.3, -0.25) is 9.59 Å². The van der Waals surface area contributed by atoms with Gasteiger partial charge in [0.05, 0.1) is 22.3 Å². The van der Waals surface area contributed by atoms with Crippen LogP contribution in [0.25, 0.3) is 11.3 Å². The van der Waals surface area contributed by atoms with Crippen LogP contribution in [0.5, 0.6) is 0 Å². The Hall–Kier alpha value is -2.44. The predicted molar refractivity (Wildman–Crippen MR) is 97.8 cm³/mol. The van der Waals surface area contributed by atoms with Gasteiger partial charge in [0.1, 0.15) is 12.0 Å². The van der Waals surface area contributed by atoms with E-state index in [1.807, 2.05) is 6.08 Å². The van der Waals surface area contributed by atoms with Gasteiger partial charge in [-0.05, 0) is 18.2 Å². The van der Waals surface area contributed by atoms with Gasteiger partial charge < -0.3 is 9.80 Å². The molecule has 2 amide bonds. The molecule has 0 spiro atoms. The van der Waals surface area contributed by atoms with Crippen LogP contribution in [0.3, 0.4) is 0 Å². The summed E-state index contributed by atoms with van der Waals surface area (Å²) in [5.74, 6) is -0.0929. The largest absolute Gasteiger partial charge is 0.330 e. The van der Waals surface area contributed by atoms with E-state index in [4.69, 9.17) is 23.2 Å². The van der Waals surface area contributed by atoms with Crippen molar-refractivity contribution in [1.29, 1.82) is 0 Å². The molecule has 132 valence electrons. The van der Waals surface area contributed by atoms with Crippen molar-refractivity contribution in [1.82, 2.24) is 19.8 Å². The summed E-state index contributed by atoms with van der Waals surface area (Å²) >= 11 is 12.0. The van der Waals surface area contributed by atoms with E-state index >= 15 is 0 Å². The Morgan fingerprint density at radius 1 is 1.08 bits per heavy atom. The molecule has 2 aromatic rings. The topological polar surface area (TPSA) is 66.4 Å². The highest BCUT2D eigenvalue weighted by molar-refractivity contribution is 6.42. The molecule has 1 saturated heterocycles. The second-order valence-corrected chi connectivity index (χ2v) is 6.90. The lowest BCUT2D eigenvalue weighted by Gasteiger charge is -2.34. The fraction of sp³-hybridized carbons (Fsp3) is 0.222. The van der Waals surface area contributed by atoms with Crippen molar-refractivity contribution >= 4 is 35.0 Å². The van der Waals surface area contributed by atoms with E-state index < -0.39 is 0 Å². The third-order valence-corrected chi connectivity index (χ3v) is 5.23. The number of carbonyl (C=O) groups excluding carboxylic acids is 2. The average molecular weight is 389 g/mol. The Morgan fingerprint density at radius 3 is 2.73 bits per heavy atom. The summed E-state index contributed by atoms with van der Waals surface area (Å²) < 4.78 is 0. The lowest BCUT2D eigenvalue weighted by atomic mass is 10.1. The van der Waals surface area contributed by atoms with Gasteiger partial charge in [0.15, 0.2) is 0 Å². The van der Waals surface area contributed by atoms with E-state index in [2.05, 4.69) is 9.97 Å². The molecule has 4 rings (SSSR count). The first-order valence-electron chi connectivity index (χ1n) is 8.09. The smallest absolute Gasteiger partial charge is 0.273 e. The van der Waals surface area contributed by atoms with Gasteiger partial charge >= 0.3 is 0 Å². The molecule has 0 N–H and O–H groups in total. The maximum absolute atomic E-state index is 12.8. The summed E-state index contributed by atoms with van der Waals surface area (Å²) in [5, 5.41) is 0.877. The van der Waals surface area contributed by atoms with Crippen molar-refractivity contribution in [3.8, 4) is 11.3 Å². The Labute approximate surface area is 160 Å². The summed E-state index contributed by atoms with van der Waals surface area (Å²) in [6, 6.07) is 6.82. The summed E-state index contributed by atoms with van der Waals surface area (Å²) in [6.07, 6.45) is 3.65. The van der Waals surface area contributed by atoms with Crippen LogP contribution in [0.1, 0.15) is 16.9 Å². The molecule has 0 atom stereocenters. The fourth-order valence-corrected chi connectivity index (χ4v) is 3.42. The normalized spacial score (nSPS) is 16.5. The monoisotopic (exact) mass is 388 g/mol. The molecule has 1 fully saturated rings. The minimum atomic E-state index is -0.186. The van der Waals surface area contributed by atoms with Crippen molar-refractivity contribution in [2.24, 2.45) is 0 Å². The van der Waals surface area contributed by atoms with Crippen LogP contribution in [0.15, 0.2) is 42.4 Å². The molecular formula is C18H14Cl2N4O2. The average Bonchev–Trinajstić information content (AvgIpc) is 3.04. The van der Waals surface area contributed by atoms with Crippen molar-refractivity contribution in [3.05, 3.63) is 58.1 Å². The van der Waals surface area contributed by atoms with Crippen LogP contribution < -0.4 is 0 Å². The minimum absolute atomic E-state index is 0.0936. The Bertz CT molecular complexity index is 945. The highest BCUT2D eigenvalue weighted by atomic mass is 35.5. The van der Waals surface area contributed by atoms with E-state index in [-0.39, 0.29) is 11.8 Å². The Balaban J connectivity index is 1.57. The number of hydrogen-bond acceptors (Lipinski definition) is 4. The van der Waals surface area contributed by atoms with Gasteiger partial charge in [-0.15, -0.1) is 0 Å². The molecule has 6 nitrogen and oxygen atoms in total. The van der Waals surface area contributed by atoms with Crippen molar-refractivity contribution in [2.45, 2.75) is 6.42 Å². The number of halogens is 2. The van der Waals surface area contributed by atoms with Crippen molar-refractivity contribution in [2.75, 3.05) is 19.6 Å². The molecule has 1 aromatic carbocycles. The SMILES string of the molecule is O=C(c1cc(-c2ccc(Cl)c(Cl)c2)ncn1)N1CCN2C(=O)CC=C2C1. The first-order chi connectivity index (χ1) is 12.5. The van der Waals surface area contributed by atoms with Crippen molar-refractivity contribution in [3.63, 3.8) is 0 Å². The van der Waals surface area contributed by atoms with E-state index in [1.54, 1.807) is 34.1 Å². The zero-order valence-corrected chi connectivity index (χ0v) is 15.2. The summed E-state index contributed by atoms with van der Waals surface area (Å²) in [7, 11) is 0. The Morgan fingerprint density at radius 2 is 1.92 bits per heavy atom. The van der Waals surface area contributed by atoms with E-state index in [9.17, 15) is 9.59 Å². The first kappa shape index (κ1) is 17.0. The van der Waals surface area contributed by atoms with E-state index in [0.29, 0.717) is 47.5 Å². The molecule has 2 aliphatic heterocycles. The maximum atomic E-state index is 12.8. The number of benzene rings is 1. The quantitative estimate of drug-likeness (QED) is 0.792. The molecule has 0 saturated carbocycles. The van der Waals surface area contributed by atoms with Crippen LogP contribution in [-0.2, 0) is 4.79 Å². The summed E-state index contributed by atoms with van der Waals surface area (Å²) in [4.78, 5) is 36.3. The Kier molecular flexibility index (Phi) is 4.38. The lowest BCUT2D eigenvalue weighted by molar-refractivity contribution is -0.128. The van der Waals surface area contributed by atoms with Crippen LogP contribution in [0, 0.1) is 0 Å². The third-order valence-electron chi connectivity index (χ3n) is 4.50. The third kappa shape index (κ3) is 3.06. The number of nitrogens with zero attached hydrogens (tertiary/aromatic N) is 4. The van der Waals surface area contributed by atoms with Gasteiger partial charge in [-0.1, -0.05) is 35.3 Å². The molecule has 0 aliphatic carbocycles. The zero-order valence-electron chi connectivity index (χ0n) is 13.7. The molecule has 2 aliphatic rings. The van der Waals surface area contributed by atoms with Gasteiger partial charge in [0, 0.05) is 30.8 Å². The molecule has 8 heteroatoms. The predicted octanol–water partition coefficient (Wildman–Crippen LogP) is 3.02. The number of fused-ring (bicyclic) bond motifs is 1. The number of hydrogen-bond donors (Lipinski definition) is 0. The second-order valence-electron chi connectivity index (χ2n) is 6.09. The van der Waals surface area contributed by atoms with Crippen LogP contribution >= 0.6 is 23.2 Å². The number of rotatable bonds is 2. The van der Waals surface area contributed by atoms with E-state index in [1.165, 1.54) is 6.33 Å². The van der Waals surface area contributed by atoms with Crippen LogP contribution in [0.2, 0.25) is 10.0 Å². The molecule has 3 heterocycles. The summed E-state index contributed by atoms with van der Waals surface area (Å²) in [6.45, 7) is 1.41.